The van der Waals surface area contributed by atoms with Crippen LogP contribution in [0.2, 0.25) is 0 Å². The van der Waals surface area contributed by atoms with E-state index in [2.05, 4.69) is 5.32 Å². The van der Waals surface area contributed by atoms with E-state index in [-0.39, 0.29) is 12.3 Å². The van der Waals surface area contributed by atoms with Crippen molar-refractivity contribution in [2.45, 2.75) is 38.5 Å². The lowest BCUT2D eigenvalue weighted by Gasteiger charge is -2.22. The average molecular weight is 276 g/mol. The Kier molecular flexibility index (Phi) is 5.71. The van der Waals surface area contributed by atoms with E-state index in [1.54, 1.807) is 0 Å². The molecule has 4 heteroatoms. The summed E-state index contributed by atoms with van der Waals surface area (Å²) in [4.78, 5) is 10.6. The second-order valence-corrected chi connectivity index (χ2v) is 5.47. The molecule has 1 aliphatic carbocycles. The normalized spacial score (nSPS) is 15.8. The molecule has 0 spiro atoms. The predicted molar refractivity (Wildman–Crippen MR) is 80.8 cm³/mol. The van der Waals surface area contributed by atoms with Crippen molar-refractivity contribution in [2.24, 2.45) is 11.7 Å². The first-order valence-corrected chi connectivity index (χ1v) is 7.49. The maximum absolute atomic E-state index is 10.6. The number of hydrogen-bond acceptors (Lipinski definition) is 3. The minimum absolute atomic E-state index is 0.252. The van der Waals surface area contributed by atoms with Gasteiger partial charge in [-0.2, -0.15) is 0 Å². The van der Waals surface area contributed by atoms with Gasteiger partial charge in [0.2, 0.25) is 5.91 Å². The molecule has 0 bridgehead atoms. The van der Waals surface area contributed by atoms with Crippen LogP contribution in [0.5, 0.6) is 5.75 Å². The molecule has 0 aliphatic heterocycles. The predicted octanol–water partition coefficient (Wildman–Crippen LogP) is 2.93. The molecule has 0 aromatic heterocycles. The SMILES string of the molecule is NC(=O)CCOc1ccc(NCC2CCCCC2)cc1. The zero-order chi connectivity index (χ0) is 14.2. The Morgan fingerprint density at radius 1 is 1.20 bits per heavy atom. The molecule has 20 heavy (non-hydrogen) atoms. The minimum Gasteiger partial charge on any atom is -0.493 e. The summed E-state index contributed by atoms with van der Waals surface area (Å²) in [6.07, 6.45) is 7.09. The lowest BCUT2D eigenvalue weighted by Crippen LogP contribution is -2.17. The molecule has 1 fully saturated rings. The van der Waals surface area contributed by atoms with Crippen LogP contribution in [-0.2, 0) is 4.79 Å². The molecule has 0 atom stereocenters. The van der Waals surface area contributed by atoms with Crippen molar-refractivity contribution < 1.29 is 9.53 Å². The summed E-state index contributed by atoms with van der Waals surface area (Å²) < 4.78 is 5.44. The number of nitrogens with one attached hydrogen (secondary N) is 1. The lowest BCUT2D eigenvalue weighted by molar-refractivity contribution is -0.118. The molecular formula is C16H24N2O2. The van der Waals surface area contributed by atoms with Crippen molar-refractivity contribution in [3.63, 3.8) is 0 Å². The quantitative estimate of drug-likeness (QED) is 0.804. The van der Waals surface area contributed by atoms with E-state index in [9.17, 15) is 4.79 Å². The zero-order valence-electron chi connectivity index (χ0n) is 11.9. The van der Waals surface area contributed by atoms with Crippen molar-refractivity contribution in [3.8, 4) is 5.75 Å². The Morgan fingerprint density at radius 3 is 2.55 bits per heavy atom. The highest BCUT2D eigenvalue weighted by Gasteiger charge is 2.12. The lowest BCUT2D eigenvalue weighted by atomic mass is 9.89. The second-order valence-electron chi connectivity index (χ2n) is 5.47. The average Bonchev–Trinajstić information content (AvgIpc) is 2.47. The number of amides is 1. The number of primary amides is 1. The largest absolute Gasteiger partial charge is 0.493 e. The molecule has 3 N–H and O–H groups in total. The highest BCUT2D eigenvalue weighted by molar-refractivity contribution is 5.73. The van der Waals surface area contributed by atoms with Gasteiger partial charge in [0.15, 0.2) is 0 Å². The first-order chi connectivity index (χ1) is 9.74. The van der Waals surface area contributed by atoms with Crippen LogP contribution in [0.15, 0.2) is 24.3 Å². The van der Waals surface area contributed by atoms with Gasteiger partial charge < -0.3 is 15.8 Å². The van der Waals surface area contributed by atoms with Crippen LogP contribution in [0.4, 0.5) is 5.69 Å². The Bertz CT molecular complexity index is 411. The van der Waals surface area contributed by atoms with E-state index in [1.165, 1.54) is 32.1 Å². The molecule has 110 valence electrons. The highest BCUT2D eigenvalue weighted by atomic mass is 16.5. The van der Waals surface area contributed by atoms with Gasteiger partial charge >= 0.3 is 0 Å². The number of hydrogen-bond donors (Lipinski definition) is 2. The van der Waals surface area contributed by atoms with Crippen LogP contribution in [0.3, 0.4) is 0 Å². The van der Waals surface area contributed by atoms with Crippen LogP contribution in [0.1, 0.15) is 38.5 Å². The Balaban J connectivity index is 1.71. The molecule has 0 saturated heterocycles. The molecule has 0 unspecified atom stereocenters. The van der Waals surface area contributed by atoms with E-state index >= 15 is 0 Å². The Morgan fingerprint density at radius 2 is 1.90 bits per heavy atom. The summed E-state index contributed by atoms with van der Waals surface area (Å²) in [5, 5.41) is 3.49. The van der Waals surface area contributed by atoms with Crippen LogP contribution >= 0.6 is 0 Å². The van der Waals surface area contributed by atoms with Crippen LogP contribution in [0, 0.1) is 5.92 Å². The second kappa shape index (κ2) is 7.78. The maximum Gasteiger partial charge on any atom is 0.220 e. The first kappa shape index (κ1) is 14.7. The molecule has 0 radical (unpaired) electrons. The van der Waals surface area contributed by atoms with E-state index in [0.29, 0.717) is 6.61 Å². The molecule has 2 rings (SSSR count). The van der Waals surface area contributed by atoms with Gasteiger partial charge in [-0.05, 0) is 43.0 Å². The first-order valence-electron chi connectivity index (χ1n) is 7.49. The fourth-order valence-electron chi connectivity index (χ4n) is 2.59. The monoisotopic (exact) mass is 276 g/mol. The third kappa shape index (κ3) is 5.11. The van der Waals surface area contributed by atoms with E-state index in [4.69, 9.17) is 10.5 Å². The summed E-state index contributed by atoms with van der Waals surface area (Å²) in [7, 11) is 0. The molecule has 1 aromatic rings. The van der Waals surface area contributed by atoms with Crippen molar-refractivity contribution in [1.29, 1.82) is 0 Å². The Labute approximate surface area is 120 Å². The van der Waals surface area contributed by atoms with E-state index in [0.717, 1.165) is 23.9 Å². The third-order valence-electron chi connectivity index (χ3n) is 3.79. The molecule has 1 saturated carbocycles. The van der Waals surface area contributed by atoms with Crippen molar-refractivity contribution in [3.05, 3.63) is 24.3 Å². The van der Waals surface area contributed by atoms with Gasteiger partial charge in [-0.25, -0.2) is 0 Å². The van der Waals surface area contributed by atoms with Gasteiger partial charge in [-0.1, -0.05) is 19.3 Å². The smallest absolute Gasteiger partial charge is 0.220 e. The summed E-state index contributed by atoms with van der Waals surface area (Å²) in [6, 6.07) is 7.87. The third-order valence-corrected chi connectivity index (χ3v) is 3.79. The van der Waals surface area contributed by atoms with Crippen LogP contribution in [0.25, 0.3) is 0 Å². The number of nitrogens with two attached hydrogens (primary N) is 1. The number of benzene rings is 1. The van der Waals surface area contributed by atoms with Crippen LogP contribution in [-0.4, -0.2) is 19.1 Å². The number of carbonyl (C=O) groups excluding carboxylic acids is 1. The molecule has 1 aromatic carbocycles. The van der Waals surface area contributed by atoms with Gasteiger partial charge in [0.1, 0.15) is 5.75 Å². The molecule has 1 aliphatic rings. The molecule has 1 amide bonds. The summed E-state index contributed by atoms with van der Waals surface area (Å²) in [5.41, 5.74) is 6.19. The maximum atomic E-state index is 10.6. The standard InChI is InChI=1S/C16H24N2O2/c17-16(19)10-11-20-15-8-6-14(7-9-15)18-12-13-4-2-1-3-5-13/h6-9,13,18H,1-5,10-12H2,(H2,17,19). The van der Waals surface area contributed by atoms with Gasteiger partial charge in [0.05, 0.1) is 13.0 Å². The summed E-state index contributed by atoms with van der Waals surface area (Å²) in [6.45, 7) is 1.39. The number of carbonyl (C=O) groups is 1. The van der Waals surface area contributed by atoms with Crippen molar-refractivity contribution in [1.82, 2.24) is 0 Å². The van der Waals surface area contributed by atoms with Gasteiger partial charge in [-0.3, -0.25) is 4.79 Å². The number of ether oxygens (including phenoxy) is 1. The topological polar surface area (TPSA) is 64.4 Å². The number of rotatable bonds is 7. The van der Waals surface area contributed by atoms with Gasteiger partial charge in [0.25, 0.3) is 0 Å². The summed E-state index contributed by atoms with van der Waals surface area (Å²) >= 11 is 0. The van der Waals surface area contributed by atoms with Crippen molar-refractivity contribution >= 4 is 11.6 Å². The molecule has 0 heterocycles. The molecular weight excluding hydrogens is 252 g/mol. The van der Waals surface area contributed by atoms with E-state index in [1.807, 2.05) is 24.3 Å². The Hall–Kier alpha value is -1.71. The molecule has 4 nitrogen and oxygen atoms in total. The zero-order valence-corrected chi connectivity index (χ0v) is 11.9. The van der Waals surface area contributed by atoms with E-state index < -0.39 is 0 Å². The fraction of sp³-hybridized carbons (Fsp3) is 0.562. The summed E-state index contributed by atoms with van der Waals surface area (Å²) in [5.74, 6) is 1.25. The minimum atomic E-state index is -0.337. The number of anilines is 1. The van der Waals surface area contributed by atoms with Gasteiger partial charge in [-0.15, -0.1) is 0 Å². The fourth-order valence-corrected chi connectivity index (χ4v) is 2.59. The van der Waals surface area contributed by atoms with Crippen LogP contribution < -0.4 is 15.8 Å². The highest BCUT2D eigenvalue weighted by Crippen LogP contribution is 2.24. The van der Waals surface area contributed by atoms with Crippen molar-refractivity contribution in [2.75, 3.05) is 18.5 Å². The van der Waals surface area contributed by atoms with Gasteiger partial charge in [0, 0.05) is 12.2 Å².